The zero-order chi connectivity index (χ0) is 46.4. The van der Waals surface area contributed by atoms with Crippen molar-refractivity contribution in [3.8, 4) is 0 Å². The molecule has 2 N–H and O–H groups in total. The smallest absolute Gasteiger partial charge is 0.407 e. The first-order valence-electron chi connectivity index (χ1n) is 25.7. The molecule has 63 heavy (non-hydrogen) atoms. The van der Waals surface area contributed by atoms with Crippen molar-refractivity contribution in [2.45, 2.75) is 228 Å². The summed E-state index contributed by atoms with van der Waals surface area (Å²) in [6.07, 6.45) is 22.9. The molecule has 8 atom stereocenters. The highest BCUT2D eigenvalue weighted by atomic mass is 16.6. The summed E-state index contributed by atoms with van der Waals surface area (Å²) in [6.45, 7) is 25.7. The van der Waals surface area contributed by atoms with Crippen molar-refractivity contribution in [3.63, 3.8) is 0 Å². The minimum Gasteiger partial charge on any atom is -0.462 e. The van der Waals surface area contributed by atoms with Crippen LogP contribution in [0, 0.1) is 46.3 Å². The van der Waals surface area contributed by atoms with Crippen LogP contribution >= 0.6 is 0 Å². The lowest BCUT2D eigenvalue weighted by atomic mass is 9.47. The molecule has 362 valence electrons. The largest absolute Gasteiger partial charge is 0.462 e. The summed E-state index contributed by atoms with van der Waals surface area (Å²) in [6, 6.07) is 0. The molecule has 0 heterocycles. The van der Waals surface area contributed by atoms with Gasteiger partial charge in [0.2, 0.25) is 5.91 Å². The van der Waals surface area contributed by atoms with Gasteiger partial charge in [-0.2, -0.15) is 0 Å². The highest BCUT2D eigenvalue weighted by Crippen LogP contribution is 2.67. The molecule has 4 aliphatic rings. The fraction of sp³-hybridized carbons (Fsp3) is 0.887. The molecule has 3 fully saturated rings. The van der Waals surface area contributed by atoms with Crippen LogP contribution in [0.25, 0.3) is 0 Å². The van der Waals surface area contributed by atoms with Gasteiger partial charge in [-0.1, -0.05) is 91.2 Å². The number of ether oxygens (including phenoxy) is 3. The lowest BCUT2D eigenvalue weighted by Gasteiger charge is -2.58. The molecule has 0 aliphatic heterocycles. The van der Waals surface area contributed by atoms with Gasteiger partial charge in [0.05, 0.1) is 0 Å². The number of hydrogen-bond donors (Lipinski definition) is 2. The average molecular weight is 884 g/mol. The van der Waals surface area contributed by atoms with E-state index in [2.05, 4.69) is 51.3 Å². The Hall–Kier alpha value is -2.78. The van der Waals surface area contributed by atoms with Crippen LogP contribution in [-0.2, 0) is 23.8 Å². The van der Waals surface area contributed by atoms with Crippen LogP contribution in [0.3, 0.4) is 0 Å². The summed E-state index contributed by atoms with van der Waals surface area (Å²) in [4.78, 5) is 52.7. The maximum atomic E-state index is 13.5. The Morgan fingerprint density at radius 1 is 0.714 bits per heavy atom. The summed E-state index contributed by atoms with van der Waals surface area (Å²) in [5.74, 6) is 4.71. The molecule has 3 amide bonds. The van der Waals surface area contributed by atoms with Gasteiger partial charge >= 0.3 is 18.2 Å². The zero-order valence-corrected chi connectivity index (χ0v) is 42.1. The molecule has 0 spiro atoms. The Morgan fingerprint density at radius 2 is 1.33 bits per heavy atom. The number of allylic oxidation sites excluding steroid dienone is 1. The van der Waals surface area contributed by atoms with Crippen LogP contribution in [0.1, 0.15) is 211 Å². The zero-order valence-electron chi connectivity index (χ0n) is 42.1. The van der Waals surface area contributed by atoms with Crippen molar-refractivity contribution in [2.24, 2.45) is 46.3 Å². The number of carbonyl (C=O) groups is 4. The summed E-state index contributed by atoms with van der Waals surface area (Å²) >= 11 is 0. The van der Waals surface area contributed by atoms with E-state index >= 15 is 0 Å². The summed E-state index contributed by atoms with van der Waals surface area (Å²) < 4.78 is 16.8. The van der Waals surface area contributed by atoms with Crippen molar-refractivity contribution in [1.82, 2.24) is 15.5 Å². The van der Waals surface area contributed by atoms with Crippen molar-refractivity contribution in [1.29, 1.82) is 0 Å². The summed E-state index contributed by atoms with van der Waals surface area (Å²) in [7, 11) is 0. The van der Waals surface area contributed by atoms with Crippen LogP contribution in [0.15, 0.2) is 11.6 Å². The number of nitrogens with zero attached hydrogens (tertiary/aromatic N) is 1. The predicted molar refractivity (Wildman–Crippen MR) is 254 cm³/mol. The maximum absolute atomic E-state index is 13.5. The molecule has 0 aromatic heterocycles. The maximum Gasteiger partial charge on any atom is 0.407 e. The number of rotatable bonds is 23. The summed E-state index contributed by atoms with van der Waals surface area (Å²) in [5, 5.41) is 5.63. The van der Waals surface area contributed by atoms with E-state index in [4.69, 9.17) is 14.2 Å². The normalized spacial score (nSPS) is 27.3. The monoisotopic (exact) mass is 884 g/mol. The third kappa shape index (κ3) is 16.6. The number of alkyl carbamates (subject to hydrolysis) is 2. The number of hydrogen-bond acceptors (Lipinski definition) is 7. The summed E-state index contributed by atoms with van der Waals surface area (Å²) in [5.41, 5.74) is 1.16. The second kappa shape index (κ2) is 24.1. The van der Waals surface area contributed by atoms with E-state index in [-0.39, 0.29) is 35.9 Å². The number of esters is 1. The lowest BCUT2D eigenvalue weighted by Crippen LogP contribution is -2.51. The molecule has 0 aromatic carbocycles. The predicted octanol–water partition coefficient (Wildman–Crippen LogP) is 12.7. The van der Waals surface area contributed by atoms with Gasteiger partial charge in [0, 0.05) is 45.4 Å². The van der Waals surface area contributed by atoms with E-state index in [1.54, 1.807) is 0 Å². The first-order chi connectivity index (χ1) is 29.6. The highest BCUT2D eigenvalue weighted by Gasteiger charge is 2.59. The van der Waals surface area contributed by atoms with E-state index in [1.165, 1.54) is 56.9 Å². The van der Waals surface area contributed by atoms with E-state index in [1.807, 2.05) is 46.4 Å². The molecule has 0 bridgehead atoms. The minimum atomic E-state index is -0.570. The van der Waals surface area contributed by atoms with Crippen molar-refractivity contribution < 1.29 is 33.4 Å². The van der Waals surface area contributed by atoms with Gasteiger partial charge in [0.25, 0.3) is 0 Å². The molecule has 0 aromatic rings. The molecule has 1 unspecified atom stereocenters. The van der Waals surface area contributed by atoms with Crippen LogP contribution in [0.5, 0.6) is 0 Å². The minimum absolute atomic E-state index is 0.0429. The van der Waals surface area contributed by atoms with Crippen LogP contribution in [-0.4, -0.2) is 72.4 Å². The van der Waals surface area contributed by atoms with Gasteiger partial charge < -0.3 is 29.7 Å². The average Bonchev–Trinajstić information content (AvgIpc) is 3.54. The number of fused-ring (bicyclic) bond motifs is 5. The second-order valence-corrected chi connectivity index (χ2v) is 23.2. The van der Waals surface area contributed by atoms with E-state index in [0.29, 0.717) is 50.9 Å². The number of unbranched alkanes of at least 4 members (excludes halogenated alkanes) is 5. The highest BCUT2D eigenvalue weighted by molar-refractivity contribution is 5.77. The Labute approximate surface area is 384 Å². The topological polar surface area (TPSA) is 123 Å². The molecule has 0 radical (unpaired) electrons. The van der Waals surface area contributed by atoms with Gasteiger partial charge in [-0.3, -0.25) is 9.59 Å². The van der Waals surface area contributed by atoms with Gasteiger partial charge in [0.1, 0.15) is 17.3 Å². The standard InChI is InChI=1S/C53H93N3O7/c1-38(2)21-18-22-39(3)43-27-28-44-42-26-25-40-37-41(29-31-52(40,10)45(42)30-32-53(43,44)11)61-47(58)24-19-23-46(57)56(36-20-34-55-49(60)63-51(7,8)9)35-17-15-13-12-14-16-33-54-48(59)62-50(4,5)6/h25,38-39,41-45H,12-24,26-37H2,1-11H3,(H,54,59)(H,55,60)/t39?,41-,42-,43+,44-,45-,52-,53+/m0/s1. The Kier molecular flexibility index (Phi) is 20.2. The Morgan fingerprint density at radius 3 is 1.98 bits per heavy atom. The molecular formula is C53H93N3O7. The first kappa shape index (κ1) is 52.8. The number of nitrogens with one attached hydrogen (secondary N) is 2. The Bertz CT molecular complexity index is 1500. The molecule has 3 saturated carbocycles. The van der Waals surface area contributed by atoms with Gasteiger partial charge in [-0.25, -0.2) is 9.59 Å². The van der Waals surface area contributed by atoms with E-state index in [9.17, 15) is 19.2 Å². The van der Waals surface area contributed by atoms with Crippen molar-refractivity contribution in [3.05, 3.63) is 11.6 Å². The third-order valence-corrected chi connectivity index (χ3v) is 15.5. The van der Waals surface area contributed by atoms with Crippen LogP contribution < -0.4 is 10.6 Å². The fourth-order valence-corrected chi connectivity index (χ4v) is 12.3. The molecule has 4 aliphatic carbocycles. The second-order valence-electron chi connectivity index (χ2n) is 23.2. The number of amides is 3. The molecule has 4 rings (SSSR count). The van der Waals surface area contributed by atoms with Gasteiger partial charge in [-0.15, -0.1) is 0 Å². The van der Waals surface area contributed by atoms with Crippen molar-refractivity contribution in [2.75, 3.05) is 26.2 Å². The molecule has 10 heteroatoms. The molecular weight excluding hydrogens is 791 g/mol. The van der Waals surface area contributed by atoms with Crippen LogP contribution in [0.2, 0.25) is 0 Å². The SMILES string of the molecule is CC(C)CCCC(C)[C@H]1CC[C@H]2[C@@H]3CC=C4C[C@@H](OC(=O)CCCC(=O)N(CCCCCCCCNC(=O)OC(C)(C)C)CCCNC(=O)OC(C)(C)C)CC[C@]4(C)[C@H]3CC[C@]12C. The van der Waals surface area contributed by atoms with Crippen LogP contribution in [0.4, 0.5) is 9.59 Å². The Balaban J connectivity index is 1.20. The van der Waals surface area contributed by atoms with E-state index < -0.39 is 17.3 Å². The van der Waals surface area contributed by atoms with Gasteiger partial charge in [-0.05, 0) is 159 Å². The van der Waals surface area contributed by atoms with E-state index in [0.717, 1.165) is 93.3 Å². The van der Waals surface area contributed by atoms with Gasteiger partial charge in [0.15, 0.2) is 0 Å². The molecule has 10 nitrogen and oxygen atoms in total. The quantitative estimate of drug-likeness (QED) is 0.0453. The van der Waals surface area contributed by atoms with Crippen molar-refractivity contribution >= 4 is 24.1 Å². The molecule has 0 saturated heterocycles. The third-order valence-electron chi connectivity index (χ3n) is 15.5. The first-order valence-corrected chi connectivity index (χ1v) is 25.7. The lowest BCUT2D eigenvalue weighted by molar-refractivity contribution is -0.151. The fourth-order valence-electron chi connectivity index (χ4n) is 12.3. The number of carbonyl (C=O) groups excluding carboxylic acids is 4.